The summed E-state index contributed by atoms with van der Waals surface area (Å²) in [5.74, 6) is -0.590. The van der Waals surface area contributed by atoms with E-state index in [2.05, 4.69) is 5.32 Å². The molecule has 2 aromatic carbocycles. The number of aromatic nitrogens is 1. The van der Waals surface area contributed by atoms with Crippen LogP contribution in [-0.4, -0.2) is 16.4 Å². The standard InChI is InChI=1S/C17H11Cl3N2O2/c1-9(23)22-8-15(14-3-2-10(18)7-16(14)22)17(24)21-13-5-11(19)4-12(20)6-13/h2-8H,1H3,(H,21,24). The molecule has 4 nitrogen and oxygen atoms in total. The van der Waals surface area contributed by atoms with Gasteiger partial charge in [-0.15, -0.1) is 0 Å². The molecular formula is C17H11Cl3N2O2. The van der Waals surface area contributed by atoms with Gasteiger partial charge in [0, 0.05) is 39.3 Å². The van der Waals surface area contributed by atoms with Gasteiger partial charge in [-0.1, -0.05) is 40.9 Å². The molecule has 3 rings (SSSR count). The molecule has 24 heavy (non-hydrogen) atoms. The van der Waals surface area contributed by atoms with Gasteiger partial charge in [0.1, 0.15) is 0 Å². The van der Waals surface area contributed by atoms with E-state index >= 15 is 0 Å². The van der Waals surface area contributed by atoms with Crippen molar-refractivity contribution in [2.24, 2.45) is 0 Å². The summed E-state index contributed by atoms with van der Waals surface area (Å²) in [5, 5.41) is 4.67. The van der Waals surface area contributed by atoms with E-state index in [4.69, 9.17) is 34.8 Å². The molecule has 0 fully saturated rings. The van der Waals surface area contributed by atoms with E-state index in [1.165, 1.54) is 17.7 Å². The molecule has 0 atom stereocenters. The van der Waals surface area contributed by atoms with Gasteiger partial charge in [-0.05, 0) is 30.3 Å². The molecule has 0 bridgehead atoms. The van der Waals surface area contributed by atoms with E-state index in [-0.39, 0.29) is 11.8 Å². The van der Waals surface area contributed by atoms with E-state index in [1.54, 1.807) is 36.4 Å². The predicted octanol–water partition coefficient (Wildman–Crippen LogP) is 5.51. The summed E-state index contributed by atoms with van der Waals surface area (Å²) in [6, 6.07) is 9.77. The van der Waals surface area contributed by atoms with Crippen LogP contribution >= 0.6 is 34.8 Å². The summed E-state index contributed by atoms with van der Waals surface area (Å²) in [4.78, 5) is 24.4. The molecule has 122 valence electrons. The van der Waals surface area contributed by atoms with E-state index in [1.807, 2.05) is 0 Å². The average molecular weight is 382 g/mol. The molecule has 1 N–H and O–H groups in total. The zero-order valence-corrected chi connectivity index (χ0v) is 14.7. The Bertz CT molecular complexity index is 959. The van der Waals surface area contributed by atoms with E-state index in [0.717, 1.165) is 0 Å². The van der Waals surface area contributed by atoms with E-state index < -0.39 is 0 Å². The molecule has 0 aliphatic carbocycles. The van der Waals surface area contributed by atoms with Gasteiger partial charge in [-0.2, -0.15) is 0 Å². The first-order chi connectivity index (χ1) is 11.3. The molecule has 1 amide bonds. The minimum absolute atomic E-state index is 0.216. The van der Waals surface area contributed by atoms with Crippen LogP contribution < -0.4 is 5.32 Å². The molecule has 0 aliphatic heterocycles. The number of benzene rings is 2. The third kappa shape index (κ3) is 3.26. The van der Waals surface area contributed by atoms with Gasteiger partial charge < -0.3 is 5.32 Å². The zero-order valence-electron chi connectivity index (χ0n) is 12.4. The Kier molecular flexibility index (Phi) is 4.54. The molecular weight excluding hydrogens is 371 g/mol. The van der Waals surface area contributed by atoms with Crippen molar-refractivity contribution < 1.29 is 9.59 Å². The smallest absolute Gasteiger partial charge is 0.257 e. The normalized spacial score (nSPS) is 10.8. The molecule has 3 aromatic rings. The van der Waals surface area contributed by atoms with Crippen LogP contribution in [-0.2, 0) is 0 Å². The topological polar surface area (TPSA) is 51.1 Å². The predicted molar refractivity (Wildman–Crippen MR) is 97.7 cm³/mol. The lowest BCUT2D eigenvalue weighted by Crippen LogP contribution is -2.12. The number of rotatable bonds is 2. The Labute approximate surface area is 152 Å². The Morgan fingerprint density at radius 1 is 0.958 bits per heavy atom. The van der Waals surface area contributed by atoms with Crippen molar-refractivity contribution in [2.45, 2.75) is 6.92 Å². The highest BCUT2D eigenvalue weighted by Gasteiger charge is 2.17. The molecule has 1 aromatic heterocycles. The molecule has 0 saturated heterocycles. The third-order valence-corrected chi connectivity index (χ3v) is 4.14. The maximum Gasteiger partial charge on any atom is 0.257 e. The molecule has 0 unspecified atom stereocenters. The first-order valence-electron chi connectivity index (χ1n) is 6.94. The van der Waals surface area contributed by atoms with E-state index in [0.29, 0.717) is 37.2 Å². The highest BCUT2D eigenvalue weighted by molar-refractivity contribution is 6.35. The van der Waals surface area contributed by atoms with Crippen molar-refractivity contribution in [3.63, 3.8) is 0 Å². The van der Waals surface area contributed by atoms with Gasteiger partial charge >= 0.3 is 0 Å². The van der Waals surface area contributed by atoms with E-state index in [9.17, 15) is 9.59 Å². The van der Waals surface area contributed by atoms with Crippen LogP contribution in [0.5, 0.6) is 0 Å². The van der Waals surface area contributed by atoms with Crippen LogP contribution in [0.1, 0.15) is 22.1 Å². The fraction of sp³-hybridized carbons (Fsp3) is 0.0588. The number of carbonyl (C=O) groups is 2. The van der Waals surface area contributed by atoms with Gasteiger partial charge in [0.05, 0.1) is 11.1 Å². The number of carbonyl (C=O) groups excluding carboxylic acids is 2. The highest BCUT2D eigenvalue weighted by Crippen LogP contribution is 2.27. The number of hydrogen-bond donors (Lipinski definition) is 1. The van der Waals surface area contributed by atoms with Crippen molar-refractivity contribution in [3.8, 4) is 0 Å². The lowest BCUT2D eigenvalue weighted by Gasteiger charge is -2.05. The zero-order chi connectivity index (χ0) is 17.4. The van der Waals surface area contributed by atoms with Gasteiger partial charge in [-0.3, -0.25) is 14.2 Å². The molecule has 0 spiro atoms. The minimum Gasteiger partial charge on any atom is -0.322 e. The summed E-state index contributed by atoms with van der Waals surface area (Å²) < 4.78 is 1.39. The summed E-state index contributed by atoms with van der Waals surface area (Å²) >= 11 is 17.9. The summed E-state index contributed by atoms with van der Waals surface area (Å²) in [7, 11) is 0. The van der Waals surface area contributed by atoms with Crippen LogP contribution in [0.2, 0.25) is 15.1 Å². The molecule has 7 heteroatoms. The first kappa shape index (κ1) is 16.8. The van der Waals surface area contributed by atoms with Gasteiger partial charge in [0.25, 0.3) is 5.91 Å². The van der Waals surface area contributed by atoms with Crippen molar-refractivity contribution >= 4 is 63.2 Å². The second-order valence-corrected chi connectivity index (χ2v) is 6.51. The van der Waals surface area contributed by atoms with Gasteiger partial charge in [-0.25, -0.2) is 0 Å². The monoisotopic (exact) mass is 380 g/mol. The Morgan fingerprint density at radius 3 is 2.25 bits per heavy atom. The molecule has 0 aliphatic rings. The fourth-order valence-corrected chi connectivity index (χ4v) is 3.16. The molecule has 0 saturated carbocycles. The lowest BCUT2D eigenvalue weighted by atomic mass is 10.1. The third-order valence-electron chi connectivity index (χ3n) is 3.47. The highest BCUT2D eigenvalue weighted by atomic mass is 35.5. The second-order valence-electron chi connectivity index (χ2n) is 5.21. The summed E-state index contributed by atoms with van der Waals surface area (Å²) in [6.07, 6.45) is 1.49. The number of halogens is 3. The maximum absolute atomic E-state index is 12.6. The Hall–Kier alpha value is -2.01. The number of hydrogen-bond acceptors (Lipinski definition) is 2. The Morgan fingerprint density at radius 2 is 1.62 bits per heavy atom. The number of nitrogens with zero attached hydrogens (tertiary/aromatic N) is 1. The summed E-state index contributed by atoms with van der Waals surface area (Å²) in [6.45, 7) is 1.42. The number of amides is 1. The average Bonchev–Trinajstić information content (AvgIpc) is 2.84. The van der Waals surface area contributed by atoms with Crippen LogP contribution in [0.25, 0.3) is 10.9 Å². The van der Waals surface area contributed by atoms with Crippen LogP contribution in [0.4, 0.5) is 5.69 Å². The second kappa shape index (κ2) is 6.48. The van der Waals surface area contributed by atoms with Crippen molar-refractivity contribution in [3.05, 3.63) is 63.2 Å². The Balaban J connectivity index is 2.05. The molecule has 0 radical (unpaired) electrons. The summed E-state index contributed by atoms with van der Waals surface area (Å²) in [5.41, 5.74) is 1.40. The SMILES string of the molecule is CC(=O)n1cc(C(=O)Nc2cc(Cl)cc(Cl)c2)c2ccc(Cl)cc21. The van der Waals surface area contributed by atoms with Crippen molar-refractivity contribution in [1.82, 2.24) is 4.57 Å². The fourth-order valence-electron chi connectivity index (χ4n) is 2.47. The van der Waals surface area contributed by atoms with Crippen LogP contribution in [0.15, 0.2) is 42.6 Å². The van der Waals surface area contributed by atoms with Gasteiger partial charge in [0.15, 0.2) is 0 Å². The van der Waals surface area contributed by atoms with Crippen LogP contribution in [0, 0.1) is 0 Å². The van der Waals surface area contributed by atoms with Gasteiger partial charge in [0.2, 0.25) is 5.91 Å². The van der Waals surface area contributed by atoms with Crippen molar-refractivity contribution in [2.75, 3.05) is 5.32 Å². The number of fused-ring (bicyclic) bond motifs is 1. The van der Waals surface area contributed by atoms with Crippen molar-refractivity contribution in [1.29, 1.82) is 0 Å². The van der Waals surface area contributed by atoms with Crippen LogP contribution in [0.3, 0.4) is 0 Å². The first-order valence-corrected chi connectivity index (χ1v) is 8.07. The number of anilines is 1. The lowest BCUT2D eigenvalue weighted by molar-refractivity contribution is 0.0941. The molecule has 1 heterocycles. The quantitative estimate of drug-likeness (QED) is 0.636. The maximum atomic E-state index is 12.6. The minimum atomic E-state index is -0.374. The largest absolute Gasteiger partial charge is 0.322 e. The number of nitrogens with one attached hydrogen (secondary N) is 1.